The number of aliphatic carboxylic acids is 1. The Hall–Kier alpha value is -2.63. The van der Waals surface area contributed by atoms with Crippen LogP contribution >= 0.6 is 0 Å². The number of hydrogen-bond acceptors (Lipinski definition) is 3. The van der Waals surface area contributed by atoms with Crippen molar-refractivity contribution in [2.24, 2.45) is 0 Å². The summed E-state index contributed by atoms with van der Waals surface area (Å²) in [6.45, 7) is 5.47. The van der Waals surface area contributed by atoms with Crippen LogP contribution in [0.3, 0.4) is 0 Å². The zero-order chi connectivity index (χ0) is 18.9. The van der Waals surface area contributed by atoms with Gasteiger partial charge in [0.2, 0.25) is 0 Å². The van der Waals surface area contributed by atoms with Crippen LogP contribution in [-0.2, 0) is 17.6 Å². The summed E-state index contributed by atoms with van der Waals surface area (Å²) in [6, 6.07) is 8.00. The van der Waals surface area contributed by atoms with Gasteiger partial charge in [-0.2, -0.15) is 5.10 Å². The second-order valence-corrected chi connectivity index (χ2v) is 7.22. The first-order valence-electron chi connectivity index (χ1n) is 9.09. The molecule has 0 fully saturated rings. The van der Waals surface area contributed by atoms with E-state index in [1.54, 1.807) is 6.92 Å². The van der Waals surface area contributed by atoms with Gasteiger partial charge in [-0.25, -0.2) is 9.48 Å². The number of fused-ring (bicyclic) bond motifs is 1. The summed E-state index contributed by atoms with van der Waals surface area (Å²) in [5.74, 6) is -1.44. The van der Waals surface area contributed by atoms with Gasteiger partial charge in [-0.3, -0.25) is 4.79 Å². The molecule has 2 N–H and O–H groups in total. The minimum absolute atomic E-state index is 0.349. The van der Waals surface area contributed by atoms with E-state index in [1.165, 1.54) is 0 Å². The van der Waals surface area contributed by atoms with E-state index < -0.39 is 17.4 Å². The van der Waals surface area contributed by atoms with Crippen molar-refractivity contribution in [3.05, 3.63) is 46.8 Å². The van der Waals surface area contributed by atoms with Crippen molar-refractivity contribution in [1.82, 2.24) is 15.1 Å². The molecular formula is C20H25N3O3. The highest BCUT2D eigenvalue weighted by atomic mass is 16.4. The van der Waals surface area contributed by atoms with Gasteiger partial charge in [-0.1, -0.05) is 31.0 Å². The number of carbonyl (C=O) groups excluding carboxylic acids is 1. The van der Waals surface area contributed by atoms with Crippen LogP contribution in [0.4, 0.5) is 0 Å². The van der Waals surface area contributed by atoms with E-state index in [2.05, 4.69) is 10.4 Å². The molecule has 0 radical (unpaired) electrons. The molecule has 6 heteroatoms. The second-order valence-electron chi connectivity index (χ2n) is 7.22. The largest absolute Gasteiger partial charge is 0.480 e. The molecule has 6 nitrogen and oxygen atoms in total. The predicted molar refractivity (Wildman–Crippen MR) is 98.7 cm³/mol. The number of aryl methyl sites for hydroxylation is 1. The van der Waals surface area contributed by atoms with E-state index in [0.717, 1.165) is 41.8 Å². The Bertz CT molecular complexity index is 839. The number of nitrogens with zero attached hydrogens (tertiary/aromatic N) is 2. The number of nitrogens with one attached hydrogen (secondary N) is 1. The minimum Gasteiger partial charge on any atom is -0.480 e. The Morgan fingerprint density at radius 3 is 2.58 bits per heavy atom. The zero-order valence-corrected chi connectivity index (χ0v) is 15.5. The van der Waals surface area contributed by atoms with E-state index in [0.29, 0.717) is 18.5 Å². The number of benzene rings is 1. The van der Waals surface area contributed by atoms with Gasteiger partial charge in [-0.05, 0) is 51.7 Å². The fourth-order valence-electron chi connectivity index (χ4n) is 3.55. The highest BCUT2D eigenvalue weighted by molar-refractivity contribution is 5.97. The molecule has 138 valence electrons. The summed E-state index contributed by atoms with van der Waals surface area (Å²) in [5, 5.41) is 16.8. The fraction of sp³-hybridized carbons (Fsp3) is 0.450. The lowest BCUT2D eigenvalue weighted by Gasteiger charge is -2.25. The van der Waals surface area contributed by atoms with Crippen molar-refractivity contribution in [3.8, 4) is 5.69 Å². The zero-order valence-electron chi connectivity index (χ0n) is 15.5. The van der Waals surface area contributed by atoms with Crippen molar-refractivity contribution in [1.29, 1.82) is 0 Å². The van der Waals surface area contributed by atoms with Crippen LogP contribution < -0.4 is 5.32 Å². The quantitative estimate of drug-likeness (QED) is 0.834. The molecule has 0 aliphatic heterocycles. The summed E-state index contributed by atoms with van der Waals surface area (Å²) in [6.07, 6.45) is 3.68. The topological polar surface area (TPSA) is 84.2 Å². The maximum Gasteiger partial charge on any atom is 0.329 e. The lowest BCUT2D eigenvalue weighted by molar-refractivity contribution is -0.144. The first-order valence-corrected chi connectivity index (χ1v) is 9.09. The van der Waals surface area contributed by atoms with E-state index >= 15 is 0 Å². The van der Waals surface area contributed by atoms with Crippen LogP contribution in [0.5, 0.6) is 0 Å². The number of carboxylic acids is 1. The smallest absolute Gasteiger partial charge is 0.329 e. The molecule has 0 spiro atoms. The first kappa shape index (κ1) is 18.2. The third kappa shape index (κ3) is 3.23. The van der Waals surface area contributed by atoms with Gasteiger partial charge < -0.3 is 10.4 Å². The average molecular weight is 355 g/mol. The Balaban J connectivity index is 1.96. The number of amides is 1. The van der Waals surface area contributed by atoms with E-state index in [-0.39, 0.29) is 0 Å². The van der Waals surface area contributed by atoms with Gasteiger partial charge >= 0.3 is 5.97 Å². The maximum atomic E-state index is 12.8. The van der Waals surface area contributed by atoms with E-state index in [4.69, 9.17) is 0 Å². The van der Waals surface area contributed by atoms with Gasteiger partial charge in [0, 0.05) is 11.3 Å². The van der Waals surface area contributed by atoms with Crippen LogP contribution in [0.15, 0.2) is 24.3 Å². The van der Waals surface area contributed by atoms with Gasteiger partial charge in [0.25, 0.3) is 5.91 Å². The summed E-state index contributed by atoms with van der Waals surface area (Å²) in [5.41, 5.74) is 3.13. The molecule has 2 aromatic rings. The van der Waals surface area contributed by atoms with Crippen molar-refractivity contribution >= 4 is 11.9 Å². The number of carboxylic acid groups (broad SMARTS) is 1. The van der Waals surface area contributed by atoms with Crippen LogP contribution in [0.25, 0.3) is 5.69 Å². The predicted octanol–water partition coefficient (Wildman–Crippen LogP) is 3.04. The van der Waals surface area contributed by atoms with Gasteiger partial charge in [0.15, 0.2) is 5.69 Å². The molecule has 1 aromatic carbocycles. The van der Waals surface area contributed by atoms with Gasteiger partial charge in [-0.15, -0.1) is 0 Å². The van der Waals surface area contributed by atoms with Gasteiger partial charge in [0.05, 0.1) is 5.69 Å². The third-order valence-electron chi connectivity index (χ3n) is 5.04. The molecule has 3 rings (SSSR count). The normalized spacial score (nSPS) is 15.3. The Morgan fingerprint density at radius 1 is 1.27 bits per heavy atom. The fourth-order valence-corrected chi connectivity index (χ4v) is 3.55. The molecule has 0 saturated heterocycles. The van der Waals surface area contributed by atoms with Crippen molar-refractivity contribution < 1.29 is 14.7 Å². The molecule has 1 amide bonds. The lowest BCUT2D eigenvalue weighted by atomic mass is 9.96. The molecule has 0 bridgehead atoms. The third-order valence-corrected chi connectivity index (χ3v) is 5.04. The molecule has 1 unspecified atom stereocenters. The van der Waals surface area contributed by atoms with Crippen LogP contribution in [0, 0.1) is 6.92 Å². The molecule has 1 atom stereocenters. The molecule has 0 saturated carbocycles. The summed E-state index contributed by atoms with van der Waals surface area (Å²) in [7, 11) is 0. The molecular weight excluding hydrogens is 330 g/mol. The monoisotopic (exact) mass is 355 g/mol. The van der Waals surface area contributed by atoms with E-state index in [1.807, 2.05) is 42.8 Å². The Morgan fingerprint density at radius 2 is 1.96 bits per heavy atom. The van der Waals surface area contributed by atoms with Crippen LogP contribution in [-0.4, -0.2) is 32.3 Å². The van der Waals surface area contributed by atoms with Crippen LogP contribution in [0.1, 0.15) is 60.4 Å². The Labute approximate surface area is 153 Å². The number of hydrogen-bond donors (Lipinski definition) is 2. The second kappa shape index (κ2) is 6.94. The SMILES string of the molecule is CCCC(C)(NC(=O)c1nn(-c2ccc(C)cc2)c2c1CCC2)C(=O)O. The maximum absolute atomic E-state index is 12.8. The standard InChI is InChI=1S/C20H25N3O3/c1-4-12-20(3,19(25)26)21-18(24)17-15-6-5-7-16(15)23(22-17)14-10-8-13(2)9-11-14/h8-11H,4-7,12H2,1-3H3,(H,21,24)(H,25,26). The van der Waals surface area contributed by atoms with Crippen molar-refractivity contribution in [2.75, 3.05) is 0 Å². The van der Waals surface area contributed by atoms with Crippen LogP contribution in [0.2, 0.25) is 0 Å². The number of rotatable bonds is 6. The summed E-state index contributed by atoms with van der Waals surface area (Å²) >= 11 is 0. The summed E-state index contributed by atoms with van der Waals surface area (Å²) in [4.78, 5) is 24.5. The lowest BCUT2D eigenvalue weighted by Crippen LogP contribution is -2.52. The summed E-state index contributed by atoms with van der Waals surface area (Å²) < 4.78 is 1.83. The molecule has 1 aromatic heterocycles. The molecule has 1 aliphatic carbocycles. The van der Waals surface area contributed by atoms with E-state index in [9.17, 15) is 14.7 Å². The molecule has 1 aliphatic rings. The minimum atomic E-state index is -1.29. The first-order chi connectivity index (χ1) is 12.4. The highest BCUT2D eigenvalue weighted by Gasteiger charge is 2.36. The number of carbonyl (C=O) groups is 2. The van der Waals surface area contributed by atoms with Gasteiger partial charge in [0.1, 0.15) is 5.54 Å². The van der Waals surface area contributed by atoms with Crippen molar-refractivity contribution in [3.63, 3.8) is 0 Å². The average Bonchev–Trinajstić information content (AvgIpc) is 3.18. The van der Waals surface area contributed by atoms with Crippen molar-refractivity contribution in [2.45, 2.75) is 58.4 Å². The highest BCUT2D eigenvalue weighted by Crippen LogP contribution is 2.28. The molecule has 1 heterocycles. The Kier molecular flexibility index (Phi) is 4.85. The number of aromatic nitrogens is 2. The molecule has 26 heavy (non-hydrogen) atoms.